The van der Waals surface area contributed by atoms with Crippen LogP contribution in [-0.2, 0) is 20.4 Å². The van der Waals surface area contributed by atoms with Gasteiger partial charge in [0.05, 0.1) is 10.9 Å². The Morgan fingerprint density at radius 2 is 1.29 bits per heavy atom. The fourth-order valence-corrected chi connectivity index (χ4v) is 5.56. The predicted octanol–water partition coefficient (Wildman–Crippen LogP) is 6.53. The number of carbonyl (C=O) groups excluding carboxylic acids is 1. The van der Waals surface area contributed by atoms with Crippen LogP contribution in [0.2, 0.25) is 0 Å². The molecule has 0 radical (unpaired) electrons. The first-order valence-electron chi connectivity index (χ1n) is 11.4. The zero-order chi connectivity index (χ0) is 24.5. The lowest BCUT2D eigenvalue weighted by atomic mass is 10.1. The summed E-state index contributed by atoms with van der Waals surface area (Å²) in [6, 6.07) is 38.3. The molecular formula is C31H27O3S+. The zero-order valence-corrected chi connectivity index (χ0v) is 20.6. The normalized spacial score (nSPS) is 10.8. The van der Waals surface area contributed by atoms with E-state index in [4.69, 9.17) is 9.47 Å². The molecule has 0 fully saturated rings. The summed E-state index contributed by atoms with van der Waals surface area (Å²) >= 11 is 0. The SMILES string of the molecule is CC(C)(C#Cc1ccccc1)OC(=O)COc1cccc([S+](c2ccccc2)c2ccccc2)c1. The molecular weight excluding hydrogens is 452 g/mol. The number of ether oxygens (including phenoxy) is 2. The van der Waals surface area contributed by atoms with Gasteiger partial charge in [0.2, 0.25) is 0 Å². The molecule has 35 heavy (non-hydrogen) atoms. The largest absolute Gasteiger partial charge is 0.482 e. The van der Waals surface area contributed by atoms with E-state index in [0.717, 1.165) is 10.5 Å². The highest BCUT2D eigenvalue weighted by atomic mass is 32.2. The maximum absolute atomic E-state index is 12.5. The van der Waals surface area contributed by atoms with Crippen LogP contribution in [-0.4, -0.2) is 18.2 Å². The minimum atomic E-state index is -0.925. The summed E-state index contributed by atoms with van der Waals surface area (Å²) < 4.78 is 11.4. The van der Waals surface area contributed by atoms with E-state index in [9.17, 15) is 4.79 Å². The Kier molecular flexibility index (Phi) is 7.92. The summed E-state index contributed by atoms with van der Waals surface area (Å²) in [5.74, 6) is 6.22. The van der Waals surface area contributed by atoms with Crippen molar-refractivity contribution in [3.8, 4) is 17.6 Å². The molecule has 0 amide bonds. The van der Waals surface area contributed by atoms with E-state index in [1.54, 1.807) is 13.8 Å². The first-order valence-corrected chi connectivity index (χ1v) is 12.6. The molecule has 0 aromatic heterocycles. The van der Waals surface area contributed by atoms with Crippen molar-refractivity contribution in [1.29, 1.82) is 0 Å². The van der Waals surface area contributed by atoms with Crippen LogP contribution in [0.25, 0.3) is 0 Å². The van der Waals surface area contributed by atoms with Gasteiger partial charge in [-0.1, -0.05) is 72.5 Å². The minimum absolute atomic E-state index is 0.190. The van der Waals surface area contributed by atoms with Gasteiger partial charge >= 0.3 is 5.97 Å². The number of hydrogen-bond donors (Lipinski definition) is 0. The molecule has 3 nitrogen and oxygen atoms in total. The maximum Gasteiger partial charge on any atom is 0.345 e. The molecule has 4 aromatic carbocycles. The second-order valence-electron chi connectivity index (χ2n) is 8.30. The van der Waals surface area contributed by atoms with E-state index in [1.165, 1.54) is 9.79 Å². The Bertz CT molecular complexity index is 1270. The Morgan fingerprint density at radius 3 is 1.89 bits per heavy atom. The molecule has 0 heterocycles. The van der Waals surface area contributed by atoms with Crippen LogP contribution < -0.4 is 4.74 Å². The van der Waals surface area contributed by atoms with Crippen LogP contribution in [0.15, 0.2) is 130 Å². The molecule has 0 atom stereocenters. The molecule has 0 aliphatic rings. The van der Waals surface area contributed by atoms with Crippen molar-refractivity contribution in [3.05, 3.63) is 121 Å². The van der Waals surface area contributed by atoms with Crippen molar-refractivity contribution in [2.24, 2.45) is 0 Å². The summed E-state index contributed by atoms with van der Waals surface area (Å²) in [6.45, 7) is 3.35. The smallest absolute Gasteiger partial charge is 0.345 e. The van der Waals surface area contributed by atoms with Crippen LogP contribution >= 0.6 is 0 Å². The van der Waals surface area contributed by atoms with Gasteiger partial charge in [-0.25, -0.2) is 4.79 Å². The molecule has 0 saturated heterocycles. The number of carbonyl (C=O) groups is 1. The van der Waals surface area contributed by atoms with E-state index in [0.29, 0.717) is 5.75 Å². The Labute approximate surface area is 210 Å². The van der Waals surface area contributed by atoms with Crippen LogP contribution in [0.1, 0.15) is 19.4 Å². The van der Waals surface area contributed by atoms with Crippen LogP contribution in [0.5, 0.6) is 5.75 Å². The summed E-state index contributed by atoms with van der Waals surface area (Å²) in [7, 11) is -0.290. The summed E-state index contributed by atoms with van der Waals surface area (Å²) in [5.41, 5.74) is -0.0532. The Morgan fingerprint density at radius 1 is 0.743 bits per heavy atom. The van der Waals surface area contributed by atoms with Crippen molar-refractivity contribution >= 4 is 16.9 Å². The van der Waals surface area contributed by atoms with Gasteiger partial charge in [-0.05, 0) is 62.4 Å². The monoisotopic (exact) mass is 479 g/mol. The van der Waals surface area contributed by atoms with E-state index in [2.05, 4.69) is 66.4 Å². The van der Waals surface area contributed by atoms with Gasteiger partial charge in [-0.15, -0.1) is 0 Å². The average molecular weight is 480 g/mol. The highest BCUT2D eigenvalue weighted by molar-refractivity contribution is 7.97. The van der Waals surface area contributed by atoms with Crippen molar-refractivity contribution < 1.29 is 14.3 Å². The first-order chi connectivity index (χ1) is 17.0. The minimum Gasteiger partial charge on any atom is -0.482 e. The van der Waals surface area contributed by atoms with Crippen molar-refractivity contribution in [1.82, 2.24) is 0 Å². The van der Waals surface area contributed by atoms with Crippen LogP contribution in [0, 0.1) is 11.8 Å². The van der Waals surface area contributed by atoms with E-state index < -0.39 is 11.6 Å². The second-order valence-corrected chi connectivity index (χ2v) is 10.3. The fourth-order valence-electron chi connectivity index (χ4n) is 3.44. The standard InChI is InChI=1S/C31H27O3S/c1-31(2,22-21-25-13-6-3-7-14-25)34-30(32)24-33-26-15-12-20-29(23-26)35(27-16-8-4-9-17-27)28-18-10-5-11-19-28/h3-20,23H,24H2,1-2H3/q+1. The molecule has 0 spiro atoms. The van der Waals surface area contributed by atoms with E-state index >= 15 is 0 Å². The summed E-state index contributed by atoms with van der Waals surface area (Å²) in [4.78, 5) is 16.0. The lowest BCUT2D eigenvalue weighted by Gasteiger charge is -2.19. The topological polar surface area (TPSA) is 35.5 Å². The van der Waals surface area contributed by atoms with Crippen LogP contribution in [0.4, 0.5) is 0 Å². The van der Waals surface area contributed by atoms with Gasteiger partial charge in [0.25, 0.3) is 0 Å². The maximum atomic E-state index is 12.5. The Balaban J connectivity index is 1.45. The van der Waals surface area contributed by atoms with E-state index in [1.807, 2.05) is 60.7 Å². The molecule has 0 saturated carbocycles. The van der Waals surface area contributed by atoms with Gasteiger partial charge in [-0.2, -0.15) is 0 Å². The van der Waals surface area contributed by atoms with Gasteiger partial charge in [0.15, 0.2) is 26.9 Å². The zero-order valence-electron chi connectivity index (χ0n) is 19.8. The lowest BCUT2D eigenvalue weighted by molar-refractivity contribution is -0.154. The van der Waals surface area contributed by atoms with Gasteiger partial charge in [-0.3, -0.25) is 0 Å². The van der Waals surface area contributed by atoms with Gasteiger partial charge in [0.1, 0.15) is 5.75 Å². The third kappa shape index (κ3) is 7.02. The molecule has 0 aliphatic carbocycles. The quantitative estimate of drug-likeness (QED) is 0.172. The molecule has 174 valence electrons. The third-order valence-electron chi connectivity index (χ3n) is 5.01. The highest BCUT2D eigenvalue weighted by Gasteiger charge is 2.29. The predicted molar refractivity (Wildman–Crippen MR) is 140 cm³/mol. The number of esters is 1. The molecule has 4 aromatic rings. The van der Waals surface area contributed by atoms with Crippen molar-refractivity contribution in [3.63, 3.8) is 0 Å². The highest BCUT2D eigenvalue weighted by Crippen LogP contribution is 2.32. The molecule has 0 N–H and O–H groups in total. The van der Waals surface area contributed by atoms with Gasteiger partial charge < -0.3 is 9.47 Å². The second kappa shape index (κ2) is 11.5. The summed E-state index contributed by atoms with van der Waals surface area (Å²) in [6.07, 6.45) is 0. The van der Waals surface area contributed by atoms with Crippen LogP contribution in [0.3, 0.4) is 0 Å². The molecule has 0 bridgehead atoms. The van der Waals surface area contributed by atoms with Crippen molar-refractivity contribution in [2.45, 2.75) is 34.1 Å². The number of rotatable bonds is 7. The molecule has 0 unspecified atom stereocenters. The van der Waals surface area contributed by atoms with E-state index in [-0.39, 0.29) is 17.5 Å². The summed E-state index contributed by atoms with van der Waals surface area (Å²) in [5, 5.41) is 0. The molecule has 4 heteroatoms. The number of benzene rings is 4. The number of hydrogen-bond acceptors (Lipinski definition) is 3. The Hall–Kier alpha value is -3.94. The third-order valence-corrected chi connectivity index (χ3v) is 7.22. The van der Waals surface area contributed by atoms with Crippen molar-refractivity contribution in [2.75, 3.05) is 6.61 Å². The lowest BCUT2D eigenvalue weighted by Crippen LogP contribution is -2.29. The average Bonchev–Trinajstić information content (AvgIpc) is 2.88. The van der Waals surface area contributed by atoms with Gasteiger partial charge in [0, 0.05) is 11.6 Å². The molecule has 0 aliphatic heterocycles. The first kappa shape index (κ1) is 24.2. The fraction of sp³-hybridized carbons (Fsp3) is 0.129. The molecule has 4 rings (SSSR count).